The Kier molecular flexibility index (Phi) is 5.70. The first-order chi connectivity index (χ1) is 10.1. The number of carbonyl (C=O) groups excluding carboxylic acids is 1. The highest BCUT2D eigenvalue weighted by Gasteiger charge is 2.21. The average Bonchev–Trinajstić information content (AvgIpc) is 2.50. The van der Waals surface area contributed by atoms with E-state index in [2.05, 4.69) is 4.90 Å². The smallest absolute Gasteiger partial charge is 0.236 e. The van der Waals surface area contributed by atoms with Gasteiger partial charge < -0.3 is 10.0 Å². The molecule has 0 unspecified atom stereocenters. The van der Waals surface area contributed by atoms with E-state index in [9.17, 15) is 9.18 Å². The Morgan fingerprint density at radius 1 is 1.33 bits per heavy atom. The van der Waals surface area contributed by atoms with Crippen LogP contribution in [0.3, 0.4) is 0 Å². The minimum atomic E-state index is -0.264. The second-order valence-electron chi connectivity index (χ2n) is 5.78. The van der Waals surface area contributed by atoms with Crippen molar-refractivity contribution in [3.05, 3.63) is 35.6 Å². The molecule has 0 aliphatic carbocycles. The molecule has 0 radical (unpaired) electrons. The largest absolute Gasteiger partial charge is 0.396 e. The molecule has 0 atom stereocenters. The van der Waals surface area contributed by atoms with Crippen LogP contribution in [0.25, 0.3) is 0 Å². The van der Waals surface area contributed by atoms with Crippen LogP contribution in [0.15, 0.2) is 24.3 Å². The number of hydrogen-bond acceptors (Lipinski definition) is 3. The summed E-state index contributed by atoms with van der Waals surface area (Å²) in [6, 6.07) is 6.22. The molecule has 1 aliphatic heterocycles. The number of likely N-dealkylation sites (N-methyl/N-ethyl adjacent to an activating group) is 1. The van der Waals surface area contributed by atoms with E-state index in [1.807, 2.05) is 0 Å². The van der Waals surface area contributed by atoms with Crippen LogP contribution < -0.4 is 0 Å². The van der Waals surface area contributed by atoms with E-state index >= 15 is 0 Å². The Hall–Kier alpha value is -1.46. The third kappa shape index (κ3) is 4.79. The molecule has 1 saturated heterocycles. The number of nitrogens with zero attached hydrogens (tertiary/aromatic N) is 2. The van der Waals surface area contributed by atoms with Crippen molar-refractivity contribution in [2.75, 3.05) is 33.3 Å². The molecule has 21 heavy (non-hydrogen) atoms. The van der Waals surface area contributed by atoms with Crippen molar-refractivity contribution in [2.24, 2.45) is 5.92 Å². The standard InChI is InChI=1S/C16H23FN2O2/c1-18(10-13-2-4-15(17)5-3-13)16(21)11-19-8-6-14(12-20)7-9-19/h2-5,14,20H,6-12H2,1H3. The number of halogens is 1. The lowest BCUT2D eigenvalue weighted by molar-refractivity contribution is -0.132. The van der Waals surface area contributed by atoms with Crippen LogP contribution in [-0.4, -0.2) is 54.1 Å². The van der Waals surface area contributed by atoms with E-state index in [1.165, 1.54) is 12.1 Å². The molecule has 0 spiro atoms. The highest BCUT2D eigenvalue weighted by atomic mass is 19.1. The maximum absolute atomic E-state index is 12.8. The number of aliphatic hydroxyl groups is 1. The fraction of sp³-hybridized carbons (Fsp3) is 0.562. The molecule has 0 bridgehead atoms. The molecule has 0 aromatic heterocycles. The van der Waals surface area contributed by atoms with Crippen LogP contribution in [0.4, 0.5) is 4.39 Å². The lowest BCUT2D eigenvalue weighted by atomic mass is 9.98. The Bertz CT molecular complexity index is 456. The quantitative estimate of drug-likeness (QED) is 0.895. The Labute approximate surface area is 125 Å². The molecule has 1 aromatic rings. The summed E-state index contributed by atoms with van der Waals surface area (Å²) in [6.45, 7) is 2.87. The fourth-order valence-electron chi connectivity index (χ4n) is 2.59. The Balaban J connectivity index is 1.78. The number of aliphatic hydroxyl groups excluding tert-OH is 1. The van der Waals surface area contributed by atoms with Gasteiger partial charge >= 0.3 is 0 Å². The molecule has 1 heterocycles. The zero-order valence-electron chi connectivity index (χ0n) is 12.5. The molecule has 116 valence electrons. The maximum Gasteiger partial charge on any atom is 0.236 e. The van der Waals surface area contributed by atoms with Crippen LogP contribution in [0.1, 0.15) is 18.4 Å². The van der Waals surface area contributed by atoms with E-state index < -0.39 is 0 Å². The summed E-state index contributed by atoms with van der Waals surface area (Å²) >= 11 is 0. The topological polar surface area (TPSA) is 43.8 Å². The van der Waals surface area contributed by atoms with Crippen LogP contribution in [0.5, 0.6) is 0 Å². The maximum atomic E-state index is 12.8. The molecule has 1 aromatic carbocycles. The second-order valence-corrected chi connectivity index (χ2v) is 5.78. The number of likely N-dealkylation sites (tertiary alicyclic amines) is 1. The van der Waals surface area contributed by atoms with Crippen molar-refractivity contribution in [2.45, 2.75) is 19.4 Å². The normalized spacial score (nSPS) is 16.9. The first-order valence-corrected chi connectivity index (χ1v) is 7.40. The van der Waals surface area contributed by atoms with Gasteiger partial charge in [0.05, 0.1) is 6.54 Å². The lowest BCUT2D eigenvalue weighted by Gasteiger charge is -2.31. The number of hydrogen-bond donors (Lipinski definition) is 1. The van der Waals surface area contributed by atoms with Gasteiger partial charge in [0.2, 0.25) is 5.91 Å². The van der Waals surface area contributed by atoms with Gasteiger partial charge in [-0.1, -0.05) is 12.1 Å². The monoisotopic (exact) mass is 294 g/mol. The molecule has 1 fully saturated rings. The van der Waals surface area contributed by atoms with Crippen molar-refractivity contribution in [3.8, 4) is 0 Å². The Morgan fingerprint density at radius 2 is 1.95 bits per heavy atom. The number of carbonyl (C=O) groups is 1. The van der Waals surface area contributed by atoms with Gasteiger partial charge in [-0.3, -0.25) is 9.69 Å². The van der Waals surface area contributed by atoms with Crippen molar-refractivity contribution in [1.82, 2.24) is 9.80 Å². The molecule has 0 saturated carbocycles. The van der Waals surface area contributed by atoms with E-state index in [-0.39, 0.29) is 18.3 Å². The highest BCUT2D eigenvalue weighted by Crippen LogP contribution is 2.16. The minimum absolute atomic E-state index is 0.0711. The molecule has 1 N–H and O–H groups in total. The number of benzene rings is 1. The second kappa shape index (κ2) is 7.52. The first-order valence-electron chi connectivity index (χ1n) is 7.40. The molecule has 1 amide bonds. The summed E-state index contributed by atoms with van der Waals surface area (Å²) in [4.78, 5) is 16.0. The lowest BCUT2D eigenvalue weighted by Crippen LogP contribution is -2.42. The fourth-order valence-corrected chi connectivity index (χ4v) is 2.59. The van der Waals surface area contributed by atoms with E-state index in [0.717, 1.165) is 31.5 Å². The van der Waals surface area contributed by atoms with E-state index in [1.54, 1.807) is 24.1 Å². The molecule has 5 heteroatoms. The van der Waals surface area contributed by atoms with Gasteiger partial charge in [-0.25, -0.2) is 4.39 Å². The van der Waals surface area contributed by atoms with Gasteiger partial charge in [-0.05, 0) is 49.5 Å². The Morgan fingerprint density at radius 3 is 2.52 bits per heavy atom. The highest BCUT2D eigenvalue weighted by molar-refractivity contribution is 5.78. The number of amides is 1. The summed E-state index contributed by atoms with van der Waals surface area (Å²) in [7, 11) is 1.77. The van der Waals surface area contributed by atoms with Crippen molar-refractivity contribution in [1.29, 1.82) is 0 Å². The average molecular weight is 294 g/mol. The third-order valence-corrected chi connectivity index (χ3v) is 4.08. The predicted octanol–water partition coefficient (Wildman–Crippen LogP) is 1.49. The summed E-state index contributed by atoms with van der Waals surface area (Å²) < 4.78 is 12.8. The number of piperidine rings is 1. The van der Waals surface area contributed by atoms with Crippen LogP contribution in [0, 0.1) is 11.7 Å². The predicted molar refractivity (Wildman–Crippen MR) is 79.1 cm³/mol. The summed E-state index contributed by atoms with van der Waals surface area (Å²) in [6.07, 6.45) is 1.90. The zero-order valence-corrected chi connectivity index (χ0v) is 12.5. The van der Waals surface area contributed by atoms with Gasteiger partial charge in [0, 0.05) is 20.2 Å². The molecule has 4 nitrogen and oxygen atoms in total. The van der Waals surface area contributed by atoms with Gasteiger partial charge in [0.15, 0.2) is 0 Å². The summed E-state index contributed by atoms with van der Waals surface area (Å²) in [5.41, 5.74) is 0.922. The summed E-state index contributed by atoms with van der Waals surface area (Å²) in [5, 5.41) is 9.11. The minimum Gasteiger partial charge on any atom is -0.396 e. The molecular weight excluding hydrogens is 271 g/mol. The van der Waals surface area contributed by atoms with E-state index in [4.69, 9.17) is 5.11 Å². The SMILES string of the molecule is CN(Cc1ccc(F)cc1)C(=O)CN1CCC(CO)CC1. The molecule has 1 aliphatic rings. The van der Waals surface area contributed by atoms with Crippen LogP contribution >= 0.6 is 0 Å². The van der Waals surface area contributed by atoms with Crippen molar-refractivity contribution >= 4 is 5.91 Å². The van der Waals surface area contributed by atoms with Gasteiger partial charge in [0.25, 0.3) is 0 Å². The van der Waals surface area contributed by atoms with E-state index in [0.29, 0.717) is 19.0 Å². The third-order valence-electron chi connectivity index (χ3n) is 4.08. The van der Waals surface area contributed by atoms with Gasteiger partial charge in [0.1, 0.15) is 5.82 Å². The first kappa shape index (κ1) is 15.9. The zero-order chi connectivity index (χ0) is 15.2. The number of rotatable bonds is 5. The summed E-state index contributed by atoms with van der Waals surface area (Å²) in [5.74, 6) is 0.189. The van der Waals surface area contributed by atoms with Gasteiger partial charge in [-0.15, -0.1) is 0 Å². The van der Waals surface area contributed by atoms with Crippen LogP contribution in [-0.2, 0) is 11.3 Å². The van der Waals surface area contributed by atoms with Crippen molar-refractivity contribution in [3.63, 3.8) is 0 Å². The van der Waals surface area contributed by atoms with Crippen molar-refractivity contribution < 1.29 is 14.3 Å². The molecule has 2 rings (SSSR count). The van der Waals surface area contributed by atoms with Crippen LogP contribution in [0.2, 0.25) is 0 Å². The molecular formula is C16H23FN2O2. The van der Waals surface area contributed by atoms with Gasteiger partial charge in [-0.2, -0.15) is 0 Å².